The van der Waals surface area contributed by atoms with Gasteiger partial charge in [-0.15, -0.1) is 0 Å². The SMILES string of the molecule is Cn1c(=O)c2ncncc2n1C. The molecule has 0 fully saturated rings. The molecule has 0 radical (unpaired) electrons. The quantitative estimate of drug-likeness (QED) is 0.535. The zero-order chi connectivity index (χ0) is 8.72. The van der Waals surface area contributed by atoms with Crippen LogP contribution in [0.1, 0.15) is 0 Å². The molecular weight excluding hydrogens is 156 g/mol. The molecule has 0 amide bonds. The van der Waals surface area contributed by atoms with Gasteiger partial charge in [0.15, 0.2) is 5.52 Å². The Hall–Kier alpha value is -1.65. The summed E-state index contributed by atoms with van der Waals surface area (Å²) < 4.78 is 3.22. The molecule has 0 saturated carbocycles. The molecule has 0 aliphatic heterocycles. The highest BCUT2D eigenvalue weighted by atomic mass is 16.1. The lowest BCUT2D eigenvalue weighted by atomic mass is 10.5. The summed E-state index contributed by atoms with van der Waals surface area (Å²) in [4.78, 5) is 19.1. The normalized spacial score (nSPS) is 10.8. The molecule has 0 aromatic carbocycles. The van der Waals surface area contributed by atoms with E-state index >= 15 is 0 Å². The fourth-order valence-electron chi connectivity index (χ4n) is 1.17. The van der Waals surface area contributed by atoms with Crippen molar-refractivity contribution in [2.45, 2.75) is 0 Å². The van der Waals surface area contributed by atoms with Gasteiger partial charge in [0.25, 0.3) is 5.56 Å². The molecule has 2 aromatic rings. The molecule has 0 aliphatic carbocycles. The molecule has 0 N–H and O–H groups in total. The number of hydrogen-bond acceptors (Lipinski definition) is 3. The summed E-state index contributed by atoms with van der Waals surface area (Å²) in [5.41, 5.74) is 1.13. The van der Waals surface area contributed by atoms with E-state index in [9.17, 15) is 4.79 Å². The Balaban J connectivity index is 3.09. The minimum Gasteiger partial charge on any atom is -0.282 e. The number of hydrogen-bond donors (Lipinski definition) is 0. The highest BCUT2D eigenvalue weighted by Gasteiger charge is 2.07. The zero-order valence-corrected chi connectivity index (χ0v) is 6.85. The van der Waals surface area contributed by atoms with Crippen LogP contribution in [0.15, 0.2) is 17.3 Å². The second-order valence-electron chi connectivity index (χ2n) is 2.61. The van der Waals surface area contributed by atoms with Crippen LogP contribution in [0, 0.1) is 0 Å². The molecule has 2 aromatic heterocycles. The fraction of sp³-hybridized carbons (Fsp3) is 0.286. The lowest BCUT2D eigenvalue weighted by Gasteiger charge is -1.97. The first-order valence-electron chi connectivity index (χ1n) is 3.53. The molecule has 62 valence electrons. The first-order valence-corrected chi connectivity index (χ1v) is 3.53. The van der Waals surface area contributed by atoms with Crippen molar-refractivity contribution in [3.05, 3.63) is 22.9 Å². The van der Waals surface area contributed by atoms with Gasteiger partial charge in [0, 0.05) is 14.1 Å². The van der Waals surface area contributed by atoms with Crippen molar-refractivity contribution in [1.29, 1.82) is 0 Å². The minimum atomic E-state index is -0.0881. The number of aryl methyl sites for hydroxylation is 1. The molecule has 5 nitrogen and oxygen atoms in total. The van der Waals surface area contributed by atoms with E-state index in [0.717, 1.165) is 5.52 Å². The molecule has 0 bridgehead atoms. The second-order valence-corrected chi connectivity index (χ2v) is 2.61. The number of fused-ring (bicyclic) bond motifs is 1. The Bertz CT molecular complexity index is 482. The average Bonchev–Trinajstić information content (AvgIpc) is 2.33. The van der Waals surface area contributed by atoms with E-state index in [-0.39, 0.29) is 5.56 Å². The molecule has 2 heterocycles. The van der Waals surface area contributed by atoms with E-state index in [2.05, 4.69) is 9.97 Å². The molecular formula is C7H8N4O. The number of aromatic nitrogens is 4. The van der Waals surface area contributed by atoms with Gasteiger partial charge in [-0.3, -0.25) is 14.2 Å². The summed E-state index contributed by atoms with van der Waals surface area (Å²) in [5, 5.41) is 0. The number of nitrogens with zero attached hydrogens (tertiary/aromatic N) is 4. The van der Waals surface area contributed by atoms with Crippen LogP contribution in [0.2, 0.25) is 0 Å². The van der Waals surface area contributed by atoms with Crippen LogP contribution in [-0.2, 0) is 14.1 Å². The van der Waals surface area contributed by atoms with Gasteiger partial charge in [-0.1, -0.05) is 0 Å². The largest absolute Gasteiger partial charge is 0.293 e. The van der Waals surface area contributed by atoms with Crippen molar-refractivity contribution in [3.8, 4) is 0 Å². The second kappa shape index (κ2) is 2.17. The fourth-order valence-corrected chi connectivity index (χ4v) is 1.17. The Morgan fingerprint density at radius 1 is 1.33 bits per heavy atom. The van der Waals surface area contributed by atoms with Crippen LogP contribution in [-0.4, -0.2) is 19.3 Å². The van der Waals surface area contributed by atoms with Crippen molar-refractivity contribution in [2.24, 2.45) is 14.1 Å². The smallest absolute Gasteiger partial charge is 0.282 e. The van der Waals surface area contributed by atoms with Crippen LogP contribution in [0.5, 0.6) is 0 Å². The van der Waals surface area contributed by atoms with Crippen molar-refractivity contribution < 1.29 is 0 Å². The third kappa shape index (κ3) is 0.702. The standard InChI is InChI=1S/C7H8N4O/c1-10-5-3-8-4-9-6(5)7(12)11(10)2/h3-4H,1-2H3. The van der Waals surface area contributed by atoms with Crippen LogP contribution in [0.25, 0.3) is 11.0 Å². The third-order valence-corrected chi connectivity index (χ3v) is 1.99. The molecule has 0 unspecified atom stereocenters. The van der Waals surface area contributed by atoms with Crippen molar-refractivity contribution >= 4 is 11.0 Å². The van der Waals surface area contributed by atoms with Crippen molar-refractivity contribution in [3.63, 3.8) is 0 Å². The molecule has 12 heavy (non-hydrogen) atoms. The van der Waals surface area contributed by atoms with E-state index in [1.807, 2.05) is 0 Å². The summed E-state index contributed by atoms with van der Waals surface area (Å²) in [6.07, 6.45) is 3.01. The molecule has 2 rings (SSSR count). The molecule has 0 spiro atoms. The molecule has 0 aliphatic rings. The monoisotopic (exact) mass is 164 g/mol. The summed E-state index contributed by atoms with van der Waals surface area (Å²) in [5.74, 6) is 0. The summed E-state index contributed by atoms with van der Waals surface area (Å²) in [6.45, 7) is 0. The Morgan fingerprint density at radius 3 is 2.75 bits per heavy atom. The van der Waals surface area contributed by atoms with Gasteiger partial charge < -0.3 is 0 Å². The van der Waals surface area contributed by atoms with E-state index in [0.29, 0.717) is 5.52 Å². The highest BCUT2D eigenvalue weighted by molar-refractivity contribution is 5.72. The Labute approximate surface area is 68.3 Å². The van der Waals surface area contributed by atoms with Gasteiger partial charge in [0.1, 0.15) is 11.8 Å². The van der Waals surface area contributed by atoms with E-state index < -0.39 is 0 Å². The van der Waals surface area contributed by atoms with Crippen LogP contribution < -0.4 is 5.56 Å². The van der Waals surface area contributed by atoms with Gasteiger partial charge >= 0.3 is 0 Å². The van der Waals surface area contributed by atoms with Crippen molar-refractivity contribution in [1.82, 2.24) is 19.3 Å². The van der Waals surface area contributed by atoms with Crippen LogP contribution in [0.4, 0.5) is 0 Å². The molecule has 0 saturated heterocycles. The summed E-state index contributed by atoms with van der Waals surface area (Å²) >= 11 is 0. The lowest BCUT2D eigenvalue weighted by Crippen LogP contribution is -2.16. The predicted octanol–water partition coefficient (Wildman–Crippen LogP) is -0.333. The Kier molecular flexibility index (Phi) is 1.27. The number of rotatable bonds is 0. The maximum Gasteiger partial charge on any atom is 0.293 e. The summed E-state index contributed by atoms with van der Waals surface area (Å²) in [6, 6.07) is 0. The van der Waals surface area contributed by atoms with Gasteiger partial charge in [-0.05, 0) is 0 Å². The van der Waals surface area contributed by atoms with E-state index in [1.165, 1.54) is 11.0 Å². The predicted molar refractivity (Wildman–Crippen MR) is 43.8 cm³/mol. The molecule has 5 heteroatoms. The lowest BCUT2D eigenvalue weighted by molar-refractivity contribution is 0.595. The van der Waals surface area contributed by atoms with Gasteiger partial charge in [0.2, 0.25) is 0 Å². The zero-order valence-electron chi connectivity index (χ0n) is 6.85. The minimum absolute atomic E-state index is 0.0881. The van der Waals surface area contributed by atoms with Crippen molar-refractivity contribution in [2.75, 3.05) is 0 Å². The Morgan fingerprint density at radius 2 is 2.08 bits per heavy atom. The maximum atomic E-state index is 11.4. The third-order valence-electron chi connectivity index (χ3n) is 1.99. The van der Waals surface area contributed by atoms with E-state index in [4.69, 9.17) is 0 Å². The topological polar surface area (TPSA) is 52.7 Å². The molecule has 0 atom stereocenters. The van der Waals surface area contributed by atoms with Gasteiger partial charge in [-0.25, -0.2) is 9.97 Å². The van der Waals surface area contributed by atoms with Gasteiger partial charge in [-0.2, -0.15) is 0 Å². The average molecular weight is 164 g/mol. The highest BCUT2D eigenvalue weighted by Crippen LogP contribution is 2.02. The first-order chi connectivity index (χ1) is 5.72. The van der Waals surface area contributed by atoms with Gasteiger partial charge in [0.05, 0.1) is 6.20 Å². The maximum absolute atomic E-state index is 11.4. The first kappa shape index (κ1) is 7.02. The van der Waals surface area contributed by atoms with Crippen LogP contribution >= 0.6 is 0 Å². The summed E-state index contributed by atoms with van der Waals surface area (Å²) in [7, 11) is 3.50. The van der Waals surface area contributed by atoms with Crippen LogP contribution in [0.3, 0.4) is 0 Å². The van der Waals surface area contributed by atoms with E-state index in [1.54, 1.807) is 25.0 Å².